The lowest BCUT2D eigenvalue weighted by atomic mass is 10.1. The molecule has 3 nitrogen and oxygen atoms in total. The summed E-state index contributed by atoms with van der Waals surface area (Å²) in [5.41, 5.74) is 2.96. The molecule has 20 heavy (non-hydrogen) atoms. The number of hydrogen-bond donors (Lipinski definition) is 0. The van der Waals surface area contributed by atoms with Gasteiger partial charge in [-0.1, -0.05) is 42.6 Å². The molecule has 0 unspecified atom stereocenters. The van der Waals surface area contributed by atoms with Crippen molar-refractivity contribution in [3.8, 4) is 11.8 Å². The summed E-state index contributed by atoms with van der Waals surface area (Å²) in [7, 11) is 0. The fourth-order valence-electron chi connectivity index (χ4n) is 1.61. The van der Waals surface area contributed by atoms with Gasteiger partial charge >= 0.3 is 0 Å². The Labute approximate surface area is 119 Å². The molecule has 0 saturated heterocycles. The van der Waals surface area contributed by atoms with Gasteiger partial charge in [-0.25, -0.2) is 0 Å². The van der Waals surface area contributed by atoms with E-state index in [2.05, 4.69) is 37.8 Å². The van der Waals surface area contributed by atoms with Crippen LogP contribution in [0.3, 0.4) is 0 Å². The third kappa shape index (κ3) is 4.56. The van der Waals surface area contributed by atoms with Crippen LogP contribution in [0, 0.1) is 24.7 Å². The maximum Gasteiger partial charge on any atom is 0.210 e. The molecule has 0 atom stereocenters. The van der Waals surface area contributed by atoms with Gasteiger partial charge in [-0.15, -0.1) is 0 Å². The number of ether oxygens (including phenoxy) is 1. The van der Waals surface area contributed by atoms with E-state index in [0.717, 1.165) is 17.9 Å². The lowest BCUT2D eigenvalue weighted by molar-refractivity contribution is 0.0928. The maximum atomic E-state index is 5.50. The standard InChI is InChI=1S/C17H19NO2/c1-13(2)11-19-12-16-10-17(20-18-16)9-8-15-6-4-14(3)5-7-15/h4-7,10,13H,11-12H2,1-3H3. The van der Waals surface area contributed by atoms with Crippen LogP contribution in [0.2, 0.25) is 0 Å². The highest BCUT2D eigenvalue weighted by Gasteiger charge is 2.02. The zero-order valence-electron chi connectivity index (χ0n) is 12.1. The van der Waals surface area contributed by atoms with Gasteiger partial charge in [-0.3, -0.25) is 0 Å². The maximum absolute atomic E-state index is 5.50. The average molecular weight is 269 g/mol. The molecule has 0 radical (unpaired) electrons. The summed E-state index contributed by atoms with van der Waals surface area (Å²) in [4.78, 5) is 0. The highest BCUT2D eigenvalue weighted by atomic mass is 16.5. The molecule has 104 valence electrons. The molecule has 0 aliphatic rings. The molecule has 0 amide bonds. The Morgan fingerprint density at radius 2 is 1.95 bits per heavy atom. The summed E-state index contributed by atoms with van der Waals surface area (Å²) in [5, 5.41) is 3.94. The van der Waals surface area contributed by atoms with Crippen LogP contribution in [0.25, 0.3) is 0 Å². The van der Waals surface area contributed by atoms with Crippen molar-refractivity contribution in [2.24, 2.45) is 5.92 Å². The predicted molar refractivity (Wildman–Crippen MR) is 78.2 cm³/mol. The normalized spacial score (nSPS) is 10.4. The van der Waals surface area contributed by atoms with Gasteiger partial charge in [0.15, 0.2) is 0 Å². The van der Waals surface area contributed by atoms with Gasteiger partial charge in [0.05, 0.1) is 6.61 Å². The van der Waals surface area contributed by atoms with E-state index in [9.17, 15) is 0 Å². The van der Waals surface area contributed by atoms with E-state index in [0.29, 0.717) is 18.3 Å². The molecule has 3 heteroatoms. The molecule has 1 heterocycles. The second-order valence-electron chi connectivity index (χ2n) is 5.21. The summed E-state index contributed by atoms with van der Waals surface area (Å²) in [6, 6.07) is 9.88. The minimum Gasteiger partial charge on any atom is -0.375 e. The Balaban J connectivity index is 1.94. The van der Waals surface area contributed by atoms with Gasteiger partial charge in [-0.05, 0) is 30.9 Å². The van der Waals surface area contributed by atoms with E-state index in [1.807, 2.05) is 30.3 Å². The minimum absolute atomic E-state index is 0.466. The molecule has 0 aliphatic heterocycles. The highest BCUT2D eigenvalue weighted by molar-refractivity contribution is 5.40. The van der Waals surface area contributed by atoms with Crippen molar-refractivity contribution in [2.45, 2.75) is 27.4 Å². The van der Waals surface area contributed by atoms with E-state index in [1.54, 1.807) is 0 Å². The molecule has 0 N–H and O–H groups in total. The second kappa shape index (κ2) is 6.93. The van der Waals surface area contributed by atoms with Gasteiger partial charge in [0.2, 0.25) is 5.76 Å². The quantitative estimate of drug-likeness (QED) is 0.796. The van der Waals surface area contributed by atoms with E-state index >= 15 is 0 Å². The number of aryl methyl sites for hydroxylation is 1. The third-order valence-corrected chi connectivity index (χ3v) is 2.64. The molecular formula is C17H19NO2. The van der Waals surface area contributed by atoms with Crippen LogP contribution in [-0.2, 0) is 11.3 Å². The summed E-state index contributed by atoms with van der Waals surface area (Å²) >= 11 is 0. The Morgan fingerprint density at radius 1 is 1.20 bits per heavy atom. The monoisotopic (exact) mass is 269 g/mol. The molecule has 1 aromatic heterocycles. The molecule has 0 bridgehead atoms. The number of nitrogens with zero attached hydrogens (tertiary/aromatic N) is 1. The van der Waals surface area contributed by atoms with E-state index in [1.165, 1.54) is 5.56 Å². The molecule has 2 aromatic rings. The van der Waals surface area contributed by atoms with E-state index in [-0.39, 0.29) is 0 Å². The van der Waals surface area contributed by atoms with Crippen LogP contribution in [0.4, 0.5) is 0 Å². The number of hydrogen-bond acceptors (Lipinski definition) is 3. The summed E-state index contributed by atoms with van der Waals surface area (Å²) in [6.07, 6.45) is 0. The summed E-state index contributed by atoms with van der Waals surface area (Å²) in [6.45, 7) is 7.46. The first-order chi connectivity index (χ1) is 9.63. The molecule has 0 spiro atoms. The van der Waals surface area contributed by atoms with Crippen molar-refractivity contribution in [3.63, 3.8) is 0 Å². The Bertz CT molecular complexity index is 600. The SMILES string of the molecule is Cc1ccc(C#Cc2cc(COCC(C)C)no2)cc1. The van der Waals surface area contributed by atoms with E-state index in [4.69, 9.17) is 9.26 Å². The lowest BCUT2D eigenvalue weighted by Crippen LogP contribution is -2.01. The minimum atomic E-state index is 0.466. The van der Waals surface area contributed by atoms with Crippen LogP contribution in [0.1, 0.15) is 36.4 Å². The Hall–Kier alpha value is -2.05. The van der Waals surface area contributed by atoms with Crippen molar-refractivity contribution in [3.05, 3.63) is 52.9 Å². The molecule has 0 fully saturated rings. The predicted octanol–water partition coefficient (Wildman–Crippen LogP) is 3.56. The van der Waals surface area contributed by atoms with Crippen molar-refractivity contribution < 1.29 is 9.26 Å². The zero-order valence-corrected chi connectivity index (χ0v) is 12.1. The van der Waals surface area contributed by atoms with Gasteiger partial charge in [-0.2, -0.15) is 0 Å². The molecule has 0 saturated carbocycles. The smallest absolute Gasteiger partial charge is 0.210 e. The van der Waals surface area contributed by atoms with Crippen molar-refractivity contribution in [1.29, 1.82) is 0 Å². The highest BCUT2D eigenvalue weighted by Crippen LogP contribution is 2.06. The Kier molecular flexibility index (Phi) is 4.97. The first kappa shape index (κ1) is 14.4. The van der Waals surface area contributed by atoms with Crippen molar-refractivity contribution in [1.82, 2.24) is 5.16 Å². The second-order valence-corrected chi connectivity index (χ2v) is 5.21. The van der Waals surface area contributed by atoms with Crippen LogP contribution in [0.15, 0.2) is 34.9 Å². The number of benzene rings is 1. The summed E-state index contributed by atoms with van der Waals surface area (Å²) in [5.74, 6) is 7.10. The number of rotatable bonds is 4. The van der Waals surface area contributed by atoms with Crippen LogP contribution in [0.5, 0.6) is 0 Å². The van der Waals surface area contributed by atoms with Gasteiger partial charge in [0.25, 0.3) is 0 Å². The van der Waals surface area contributed by atoms with Crippen LogP contribution < -0.4 is 0 Å². The molecule has 2 rings (SSSR count). The average Bonchev–Trinajstić information content (AvgIpc) is 2.86. The lowest BCUT2D eigenvalue weighted by Gasteiger charge is -2.03. The topological polar surface area (TPSA) is 35.3 Å². The first-order valence-electron chi connectivity index (χ1n) is 6.75. The van der Waals surface area contributed by atoms with Crippen molar-refractivity contribution >= 4 is 0 Å². The fraction of sp³-hybridized carbons (Fsp3) is 0.353. The third-order valence-electron chi connectivity index (χ3n) is 2.64. The fourth-order valence-corrected chi connectivity index (χ4v) is 1.61. The van der Waals surface area contributed by atoms with E-state index < -0.39 is 0 Å². The largest absolute Gasteiger partial charge is 0.375 e. The van der Waals surface area contributed by atoms with Gasteiger partial charge in [0, 0.05) is 18.2 Å². The van der Waals surface area contributed by atoms with Crippen LogP contribution in [-0.4, -0.2) is 11.8 Å². The van der Waals surface area contributed by atoms with Gasteiger partial charge in [0.1, 0.15) is 5.69 Å². The molecular weight excluding hydrogens is 250 g/mol. The Morgan fingerprint density at radius 3 is 2.65 bits per heavy atom. The first-order valence-corrected chi connectivity index (χ1v) is 6.75. The number of aromatic nitrogens is 1. The van der Waals surface area contributed by atoms with Crippen molar-refractivity contribution in [2.75, 3.05) is 6.61 Å². The van der Waals surface area contributed by atoms with Gasteiger partial charge < -0.3 is 9.26 Å². The summed E-state index contributed by atoms with van der Waals surface area (Å²) < 4.78 is 10.7. The zero-order chi connectivity index (χ0) is 14.4. The molecule has 0 aliphatic carbocycles. The molecule has 1 aromatic carbocycles. The van der Waals surface area contributed by atoms with Crippen LogP contribution >= 0.6 is 0 Å².